The number of amides is 3. The predicted octanol–water partition coefficient (Wildman–Crippen LogP) is -0.121. The van der Waals surface area contributed by atoms with E-state index in [1.54, 1.807) is 0 Å². The summed E-state index contributed by atoms with van der Waals surface area (Å²) in [6.07, 6.45) is 4.93. The minimum atomic E-state index is -0.347. The molecule has 7 nitrogen and oxygen atoms in total. The monoisotopic (exact) mass is 337 g/mol. The molecule has 134 valence electrons. The van der Waals surface area contributed by atoms with Crippen LogP contribution in [-0.2, 0) is 14.4 Å². The number of aliphatic hydroxyl groups is 1. The molecule has 0 aromatic heterocycles. The summed E-state index contributed by atoms with van der Waals surface area (Å²) >= 11 is 0. The van der Waals surface area contributed by atoms with E-state index >= 15 is 0 Å². The quantitative estimate of drug-likeness (QED) is 0.748. The Morgan fingerprint density at radius 3 is 2.58 bits per heavy atom. The van der Waals surface area contributed by atoms with Gasteiger partial charge in [-0.2, -0.15) is 0 Å². The average Bonchev–Trinajstić information content (AvgIpc) is 3.02. The van der Waals surface area contributed by atoms with Crippen LogP contribution < -0.4 is 5.32 Å². The normalized spacial score (nSPS) is 26.8. The van der Waals surface area contributed by atoms with Gasteiger partial charge in [0.2, 0.25) is 17.7 Å². The lowest BCUT2D eigenvalue weighted by Gasteiger charge is -2.47. The zero-order valence-corrected chi connectivity index (χ0v) is 14.1. The number of nitrogens with zero attached hydrogens (tertiary/aromatic N) is 2. The molecule has 0 aromatic rings. The van der Waals surface area contributed by atoms with E-state index in [1.165, 1.54) is 0 Å². The maximum atomic E-state index is 12.5. The van der Waals surface area contributed by atoms with Crippen molar-refractivity contribution in [2.45, 2.75) is 51.0 Å². The maximum absolute atomic E-state index is 12.5. The van der Waals surface area contributed by atoms with Gasteiger partial charge in [0.25, 0.3) is 0 Å². The zero-order valence-electron chi connectivity index (χ0n) is 14.1. The predicted molar refractivity (Wildman–Crippen MR) is 86.9 cm³/mol. The minimum Gasteiger partial charge on any atom is -0.396 e. The van der Waals surface area contributed by atoms with Gasteiger partial charge in [-0.25, -0.2) is 0 Å². The minimum absolute atomic E-state index is 0.0350. The molecule has 0 radical (unpaired) electrons. The van der Waals surface area contributed by atoms with E-state index in [0.29, 0.717) is 45.3 Å². The molecule has 3 saturated heterocycles. The molecule has 2 N–H and O–H groups in total. The van der Waals surface area contributed by atoms with Crippen molar-refractivity contribution in [3.63, 3.8) is 0 Å². The van der Waals surface area contributed by atoms with Crippen LogP contribution in [0, 0.1) is 5.41 Å². The third-order valence-corrected chi connectivity index (χ3v) is 5.76. The third kappa shape index (κ3) is 3.55. The smallest absolute Gasteiger partial charge is 0.245 e. The molecule has 0 saturated carbocycles. The van der Waals surface area contributed by atoms with Crippen molar-refractivity contribution in [2.24, 2.45) is 5.41 Å². The number of carbonyl (C=O) groups is 3. The number of carbonyl (C=O) groups excluding carboxylic acids is 3. The number of hydrogen-bond donors (Lipinski definition) is 2. The Kier molecular flexibility index (Phi) is 5.08. The van der Waals surface area contributed by atoms with E-state index in [4.69, 9.17) is 5.11 Å². The SMILES string of the molecule is O=C1CCC(C(=O)N2CCC3(CCC(=O)N(CCCO)C3)CC2)N1. The van der Waals surface area contributed by atoms with E-state index in [9.17, 15) is 14.4 Å². The van der Waals surface area contributed by atoms with E-state index in [2.05, 4.69) is 5.32 Å². The van der Waals surface area contributed by atoms with Crippen LogP contribution in [-0.4, -0.2) is 71.5 Å². The van der Waals surface area contributed by atoms with Gasteiger partial charge in [0, 0.05) is 45.6 Å². The number of likely N-dealkylation sites (tertiary alicyclic amines) is 2. The number of hydrogen-bond acceptors (Lipinski definition) is 4. The van der Waals surface area contributed by atoms with Crippen LogP contribution >= 0.6 is 0 Å². The summed E-state index contributed by atoms with van der Waals surface area (Å²) in [5.41, 5.74) is 0.110. The van der Waals surface area contributed by atoms with Gasteiger partial charge < -0.3 is 20.2 Å². The van der Waals surface area contributed by atoms with Crippen LogP contribution in [0.4, 0.5) is 0 Å². The number of rotatable bonds is 4. The lowest BCUT2D eigenvalue weighted by Crippen LogP contribution is -2.54. The number of aliphatic hydroxyl groups excluding tert-OH is 1. The van der Waals surface area contributed by atoms with Gasteiger partial charge in [-0.15, -0.1) is 0 Å². The molecule has 3 rings (SSSR count). The van der Waals surface area contributed by atoms with E-state index < -0.39 is 0 Å². The molecular formula is C17H27N3O4. The van der Waals surface area contributed by atoms with Gasteiger partial charge in [-0.05, 0) is 37.5 Å². The molecule has 0 aromatic carbocycles. The topological polar surface area (TPSA) is 90.0 Å². The van der Waals surface area contributed by atoms with Crippen molar-refractivity contribution in [3.05, 3.63) is 0 Å². The van der Waals surface area contributed by atoms with Crippen molar-refractivity contribution in [1.82, 2.24) is 15.1 Å². The molecule has 0 bridgehead atoms. The van der Waals surface area contributed by atoms with Crippen molar-refractivity contribution in [3.8, 4) is 0 Å². The molecule has 7 heteroatoms. The molecule has 3 heterocycles. The van der Waals surface area contributed by atoms with Gasteiger partial charge in [0.15, 0.2) is 0 Å². The number of nitrogens with one attached hydrogen (secondary N) is 1. The first-order valence-corrected chi connectivity index (χ1v) is 9.00. The molecule has 3 fully saturated rings. The van der Waals surface area contributed by atoms with Gasteiger partial charge in [0.1, 0.15) is 6.04 Å². The summed E-state index contributed by atoms with van der Waals surface area (Å²) in [7, 11) is 0. The second-order valence-electron chi connectivity index (χ2n) is 7.38. The maximum Gasteiger partial charge on any atom is 0.245 e. The molecule has 3 aliphatic heterocycles. The summed E-state index contributed by atoms with van der Waals surface area (Å²) in [5, 5.41) is 11.7. The first-order chi connectivity index (χ1) is 11.5. The van der Waals surface area contributed by atoms with Crippen molar-refractivity contribution in [2.75, 3.05) is 32.8 Å². The first-order valence-electron chi connectivity index (χ1n) is 9.00. The van der Waals surface area contributed by atoms with Crippen LogP contribution in [0.5, 0.6) is 0 Å². The Morgan fingerprint density at radius 2 is 1.96 bits per heavy atom. The summed E-state index contributed by atoms with van der Waals surface area (Å²) in [6.45, 7) is 2.87. The highest BCUT2D eigenvalue weighted by Crippen LogP contribution is 2.40. The Labute approximate surface area is 142 Å². The Hall–Kier alpha value is -1.63. The van der Waals surface area contributed by atoms with E-state index in [1.807, 2.05) is 9.80 Å². The Bertz CT molecular complexity index is 514. The second-order valence-corrected chi connectivity index (χ2v) is 7.38. The van der Waals surface area contributed by atoms with Crippen molar-refractivity contribution < 1.29 is 19.5 Å². The van der Waals surface area contributed by atoms with Gasteiger partial charge >= 0.3 is 0 Å². The Balaban J connectivity index is 1.54. The summed E-state index contributed by atoms with van der Waals surface area (Å²) < 4.78 is 0. The third-order valence-electron chi connectivity index (χ3n) is 5.76. The average molecular weight is 337 g/mol. The van der Waals surface area contributed by atoms with Gasteiger partial charge in [0.05, 0.1) is 0 Å². The molecular weight excluding hydrogens is 310 g/mol. The van der Waals surface area contributed by atoms with Gasteiger partial charge in [-0.3, -0.25) is 14.4 Å². The van der Waals surface area contributed by atoms with Crippen LogP contribution in [0.15, 0.2) is 0 Å². The molecule has 1 atom stereocenters. The van der Waals surface area contributed by atoms with Crippen molar-refractivity contribution in [1.29, 1.82) is 0 Å². The standard InChI is InChI=1S/C17H27N3O4/c21-11-1-8-20-12-17(5-4-15(20)23)6-9-19(10-7-17)16(24)13-2-3-14(22)18-13/h13,21H,1-12H2,(H,18,22). The highest BCUT2D eigenvalue weighted by molar-refractivity contribution is 5.90. The van der Waals surface area contributed by atoms with Gasteiger partial charge in [-0.1, -0.05) is 0 Å². The van der Waals surface area contributed by atoms with Crippen LogP contribution in [0.3, 0.4) is 0 Å². The molecule has 3 aliphatic rings. The van der Waals surface area contributed by atoms with Crippen molar-refractivity contribution >= 4 is 17.7 Å². The zero-order chi connectivity index (χ0) is 17.2. The molecule has 1 spiro atoms. The fourth-order valence-electron chi connectivity index (χ4n) is 4.20. The lowest BCUT2D eigenvalue weighted by molar-refractivity contribution is -0.143. The van der Waals surface area contributed by atoms with E-state index in [0.717, 1.165) is 25.8 Å². The summed E-state index contributed by atoms with van der Waals surface area (Å²) in [4.78, 5) is 39.6. The molecule has 3 amide bonds. The fourth-order valence-corrected chi connectivity index (χ4v) is 4.20. The summed E-state index contributed by atoms with van der Waals surface area (Å²) in [5.74, 6) is 0.188. The molecule has 24 heavy (non-hydrogen) atoms. The molecule has 0 aliphatic carbocycles. The van der Waals surface area contributed by atoms with Crippen LogP contribution in [0.1, 0.15) is 44.9 Å². The Morgan fingerprint density at radius 1 is 1.21 bits per heavy atom. The van der Waals surface area contributed by atoms with E-state index in [-0.39, 0.29) is 35.8 Å². The highest BCUT2D eigenvalue weighted by Gasteiger charge is 2.42. The van der Waals surface area contributed by atoms with Crippen LogP contribution in [0.2, 0.25) is 0 Å². The number of piperidine rings is 2. The largest absolute Gasteiger partial charge is 0.396 e. The van der Waals surface area contributed by atoms with Crippen LogP contribution in [0.25, 0.3) is 0 Å². The fraction of sp³-hybridized carbons (Fsp3) is 0.824. The molecule has 1 unspecified atom stereocenters. The second kappa shape index (κ2) is 7.09. The lowest BCUT2D eigenvalue weighted by atomic mass is 9.72. The summed E-state index contributed by atoms with van der Waals surface area (Å²) in [6, 6.07) is -0.347. The highest BCUT2D eigenvalue weighted by atomic mass is 16.3. The first kappa shape index (κ1) is 17.2.